The summed E-state index contributed by atoms with van der Waals surface area (Å²) in [4.78, 5) is 4.43. The van der Waals surface area contributed by atoms with Crippen LogP contribution in [0.15, 0.2) is 49.2 Å². The van der Waals surface area contributed by atoms with Crippen LogP contribution >= 0.6 is 11.6 Å². The molecule has 2 aromatic rings. The molecule has 0 atom stereocenters. The van der Waals surface area contributed by atoms with E-state index in [1.54, 1.807) is 6.20 Å². The summed E-state index contributed by atoms with van der Waals surface area (Å²) in [5, 5.41) is 0.707. The minimum absolute atomic E-state index is 0.707. The van der Waals surface area contributed by atoms with Gasteiger partial charge in [0.25, 0.3) is 0 Å². The Morgan fingerprint density at radius 1 is 1.19 bits per heavy atom. The van der Waals surface area contributed by atoms with E-state index in [0.29, 0.717) is 5.02 Å². The van der Waals surface area contributed by atoms with Gasteiger partial charge in [-0.1, -0.05) is 69.6 Å². The fourth-order valence-electron chi connectivity index (χ4n) is 2.98. The molecule has 0 saturated heterocycles. The fraction of sp³-hybridized carbons (Fsp3) is 0.400. The van der Waals surface area contributed by atoms with E-state index in [9.17, 15) is 0 Å². The standard InChI is InChI=1S/C23H28ClN.C2H6/c1-5-7-9-20-16-21(14-12-17(20)3)18(4)11-13-19(6-2)23-22(24)10-8-15-25-23;1-2/h6,8,10,12,14-16H,4-5,7,9,11,13H2,1-3H3;1-2H3/b19-6-;. The first-order valence-corrected chi connectivity index (χ1v) is 10.5. The SMILES string of the molecule is C=C(CC/C(=C/C)c1ncccc1Cl)c1ccc(C)c(CCCC)c1.CC. The van der Waals surface area contributed by atoms with Gasteiger partial charge in [0.2, 0.25) is 0 Å². The lowest BCUT2D eigenvalue weighted by Crippen LogP contribution is -1.95. The van der Waals surface area contributed by atoms with Crippen molar-refractivity contribution in [3.8, 4) is 0 Å². The molecule has 0 aliphatic rings. The molecule has 0 aliphatic carbocycles. The van der Waals surface area contributed by atoms with Gasteiger partial charge >= 0.3 is 0 Å². The molecule has 146 valence electrons. The van der Waals surface area contributed by atoms with Crippen LogP contribution in [0.25, 0.3) is 11.1 Å². The molecule has 0 spiro atoms. The van der Waals surface area contributed by atoms with Crippen molar-refractivity contribution in [2.45, 2.75) is 66.7 Å². The molecule has 0 aliphatic heterocycles. The summed E-state index contributed by atoms with van der Waals surface area (Å²) in [7, 11) is 0. The second kappa shape index (κ2) is 12.5. The maximum Gasteiger partial charge on any atom is 0.0844 e. The highest BCUT2D eigenvalue weighted by molar-refractivity contribution is 6.32. The van der Waals surface area contributed by atoms with Gasteiger partial charge in [0, 0.05) is 6.20 Å². The number of allylic oxidation sites excluding steroid dienone is 3. The molecule has 2 rings (SSSR count). The molecule has 1 aromatic heterocycles. The Hall–Kier alpha value is -1.86. The first-order chi connectivity index (χ1) is 13.1. The van der Waals surface area contributed by atoms with Crippen molar-refractivity contribution in [3.63, 3.8) is 0 Å². The number of aromatic nitrogens is 1. The van der Waals surface area contributed by atoms with Gasteiger partial charge < -0.3 is 0 Å². The molecule has 1 nitrogen and oxygen atoms in total. The second-order valence-electron chi connectivity index (χ2n) is 6.50. The largest absolute Gasteiger partial charge is 0.255 e. The topological polar surface area (TPSA) is 12.9 Å². The number of unbranched alkanes of at least 4 members (excludes halogenated alkanes) is 1. The highest BCUT2D eigenvalue weighted by atomic mass is 35.5. The molecule has 0 radical (unpaired) electrons. The Kier molecular flexibility index (Phi) is 10.7. The summed E-state index contributed by atoms with van der Waals surface area (Å²) in [6.07, 6.45) is 9.29. The van der Waals surface area contributed by atoms with E-state index in [4.69, 9.17) is 11.6 Å². The zero-order chi connectivity index (χ0) is 20.2. The van der Waals surface area contributed by atoms with Crippen LogP contribution < -0.4 is 0 Å². The maximum atomic E-state index is 6.29. The summed E-state index contributed by atoms with van der Waals surface area (Å²) < 4.78 is 0. The van der Waals surface area contributed by atoms with Crippen LogP contribution in [0, 0.1) is 6.92 Å². The first kappa shape index (κ1) is 23.2. The maximum absolute atomic E-state index is 6.29. The van der Waals surface area contributed by atoms with E-state index < -0.39 is 0 Å². The van der Waals surface area contributed by atoms with Crippen LogP contribution in [0.1, 0.15) is 75.8 Å². The number of nitrogens with zero attached hydrogens (tertiary/aromatic N) is 1. The van der Waals surface area contributed by atoms with E-state index >= 15 is 0 Å². The van der Waals surface area contributed by atoms with Crippen molar-refractivity contribution in [2.24, 2.45) is 0 Å². The third kappa shape index (κ3) is 6.99. The summed E-state index contributed by atoms with van der Waals surface area (Å²) in [6, 6.07) is 10.5. The minimum atomic E-state index is 0.707. The van der Waals surface area contributed by atoms with Crippen molar-refractivity contribution >= 4 is 22.7 Å². The molecule has 0 unspecified atom stereocenters. The molecule has 0 N–H and O–H groups in total. The van der Waals surface area contributed by atoms with Gasteiger partial charge in [-0.05, 0) is 79.5 Å². The Bertz CT molecular complexity index is 759. The highest BCUT2D eigenvalue weighted by Crippen LogP contribution is 2.29. The summed E-state index contributed by atoms with van der Waals surface area (Å²) in [5.74, 6) is 0. The van der Waals surface area contributed by atoms with Gasteiger partial charge in [-0.3, -0.25) is 4.98 Å². The van der Waals surface area contributed by atoms with Crippen molar-refractivity contribution in [1.29, 1.82) is 0 Å². The zero-order valence-electron chi connectivity index (χ0n) is 17.6. The molecule has 27 heavy (non-hydrogen) atoms. The molecule has 0 bridgehead atoms. The Balaban J connectivity index is 0.00000176. The van der Waals surface area contributed by atoms with Gasteiger partial charge in [0.1, 0.15) is 0 Å². The normalized spacial score (nSPS) is 11.0. The highest BCUT2D eigenvalue weighted by Gasteiger charge is 2.09. The number of hydrogen-bond acceptors (Lipinski definition) is 1. The zero-order valence-corrected chi connectivity index (χ0v) is 18.4. The van der Waals surface area contributed by atoms with E-state index in [-0.39, 0.29) is 0 Å². The van der Waals surface area contributed by atoms with E-state index in [1.807, 2.05) is 32.9 Å². The monoisotopic (exact) mass is 383 g/mol. The van der Waals surface area contributed by atoms with Crippen LogP contribution in [-0.2, 0) is 6.42 Å². The lowest BCUT2D eigenvalue weighted by Gasteiger charge is -2.13. The van der Waals surface area contributed by atoms with Crippen molar-refractivity contribution in [2.75, 3.05) is 0 Å². The van der Waals surface area contributed by atoms with Gasteiger partial charge in [-0.15, -0.1) is 0 Å². The number of benzene rings is 1. The molecular weight excluding hydrogens is 350 g/mol. The van der Waals surface area contributed by atoms with Crippen LogP contribution in [0.4, 0.5) is 0 Å². The smallest absolute Gasteiger partial charge is 0.0844 e. The van der Waals surface area contributed by atoms with Crippen LogP contribution in [-0.4, -0.2) is 4.98 Å². The quantitative estimate of drug-likeness (QED) is 0.446. The van der Waals surface area contributed by atoms with Gasteiger partial charge in [0.05, 0.1) is 10.7 Å². The molecule has 0 saturated carbocycles. The summed E-state index contributed by atoms with van der Waals surface area (Å²) >= 11 is 6.29. The predicted octanol–water partition coefficient (Wildman–Crippen LogP) is 8.31. The second-order valence-corrected chi connectivity index (χ2v) is 6.90. The lowest BCUT2D eigenvalue weighted by atomic mass is 9.94. The van der Waals surface area contributed by atoms with Crippen molar-refractivity contribution in [3.05, 3.63) is 76.6 Å². The third-order valence-corrected chi connectivity index (χ3v) is 4.97. The van der Waals surface area contributed by atoms with E-state index in [0.717, 1.165) is 25.0 Å². The molecule has 1 aromatic carbocycles. The molecule has 2 heteroatoms. The average Bonchev–Trinajstić information content (AvgIpc) is 2.70. The van der Waals surface area contributed by atoms with E-state index in [2.05, 4.69) is 49.7 Å². The first-order valence-electron chi connectivity index (χ1n) is 10.1. The van der Waals surface area contributed by atoms with Gasteiger partial charge in [-0.25, -0.2) is 0 Å². The van der Waals surface area contributed by atoms with Crippen molar-refractivity contribution < 1.29 is 0 Å². The van der Waals surface area contributed by atoms with E-state index in [1.165, 1.54) is 40.7 Å². The average molecular weight is 384 g/mol. The number of rotatable bonds is 8. The fourth-order valence-corrected chi connectivity index (χ4v) is 3.22. The molecule has 1 heterocycles. The Morgan fingerprint density at radius 2 is 1.93 bits per heavy atom. The number of hydrogen-bond donors (Lipinski definition) is 0. The summed E-state index contributed by atoms with van der Waals surface area (Å²) in [5.41, 5.74) is 7.29. The Labute approximate surface area is 171 Å². The Morgan fingerprint density at radius 3 is 2.56 bits per heavy atom. The van der Waals surface area contributed by atoms with Crippen LogP contribution in [0.2, 0.25) is 5.02 Å². The predicted molar refractivity (Wildman–Crippen MR) is 122 cm³/mol. The number of pyridine rings is 1. The lowest BCUT2D eigenvalue weighted by molar-refractivity contribution is 0.791. The van der Waals surface area contributed by atoms with Crippen LogP contribution in [0.3, 0.4) is 0 Å². The number of halogens is 1. The minimum Gasteiger partial charge on any atom is -0.255 e. The van der Waals surface area contributed by atoms with Crippen molar-refractivity contribution in [1.82, 2.24) is 4.98 Å². The summed E-state index contributed by atoms with van der Waals surface area (Å²) in [6.45, 7) is 14.8. The molecule has 0 amide bonds. The van der Waals surface area contributed by atoms with Gasteiger partial charge in [-0.2, -0.15) is 0 Å². The molecule has 0 fully saturated rings. The van der Waals surface area contributed by atoms with Gasteiger partial charge in [0.15, 0.2) is 0 Å². The number of aryl methyl sites for hydroxylation is 2. The molecular formula is C25H34ClN. The third-order valence-electron chi connectivity index (χ3n) is 4.66. The van der Waals surface area contributed by atoms with Crippen LogP contribution in [0.5, 0.6) is 0 Å².